The van der Waals surface area contributed by atoms with Crippen LogP contribution in [0.2, 0.25) is 0 Å². The Bertz CT molecular complexity index is 5730. The highest BCUT2D eigenvalue weighted by molar-refractivity contribution is 6.02. The SMILES string of the molecule is Cc1nc2c(-c3ncn[nH]3)cc(-c3ccnc(N)c3)cc2n1-c1ccnc2c(F)ccc(F)c12.Cc1nc2c(-c3ncn[nH]3)cc(-c3ccnc(N)c3)cc2n1-c1ccnc2c(F)ccc(F)c12.Cc1nc2c(-c3ncn[nH]3)cc(-c3ccnc(N)c3)cc2n1-c1ccnc2c(F)ccc(F)c12. The van der Waals surface area contributed by atoms with Crippen molar-refractivity contribution in [2.24, 2.45) is 0 Å². The number of pyridine rings is 6. The van der Waals surface area contributed by atoms with Gasteiger partial charge in [-0.1, -0.05) is 0 Å². The molecule has 0 saturated carbocycles. The number of nitrogens with zero attached hydrogens (tertiary/aromatic N) is 18. The maximum absolute atomic E-state index is 15.0. The average Bonchev–Trinajstić information content (AvgIpc) is 1.56. The van der Waals surface area contributed by atoms with Crippen LogP contribution >= 0.6 is 0 Å². The van der Waals surface area contributed by atoms with E-state index < -0.39 is 34.9 Å². The molecule has 18 aromatic rings. The number of hydrogen-bond donors (Lipinski definition) is 6. The Balaban J connectivity index is 0.000000118. The first-order valence-corrected chi connectivity index (χ1v) is 31.0. The van der Waals surface area contributed by atoms with E-state index in [0.29, 0.717) is 119 Å². The lowest BCUT2D eigenvalue weighted by molar-refractivity contribution is 0.615. The standard InChI is InChI=1S/3C24H16F2N8/c3*1-12-32-22-15(24-30-11-31-33-24)8-14(13-4-6-28-20(27)10-13)9-19(22)34(12)18-5-7-29-23-17(26)3-2-16(25)21(18)23/h3*2-11H,1H3,(H2,27,28)(H,30,31,33). The van der Waals surface area contributed by atoms with E-state index in [2.05, 4.69) is 75.4 Å². The molecule has 0 bridgehead atoms. The molecule has 102 heavy (non-hydrogen) atoms. The van der Waals surface area contributed by atoms with Gasteiger partial charge in [0.1, 0.15) is 122 Å². The Hall–Kier alpha value is -14.2. The van der Waals surface area contributed by atoms with E-state index in [9.17, 15) is 26.3 Å². The van der Waals surface area contributed by atoms with Crippen LogP contribution in [0.5, 0.6) is 0 Å². The van der Waals surface area contributed by atoms with Crippen molar-refractivity contribution < 1.29 is 26.3 Å². The fourth-order valence-corrected chi connectivity index (χ4v) is 12.8. The zero-order valence-electron chi connectivity index (χ0n) is 53.4. The Labute approximate surface area is 569 Å². The minimum Gasteiger partial charge on any atom is -0.384 e. The van der Waals surface area contributed by atoms with E-state index in [0.717, 1.165) is 69.8 Å². The molecule has 12 aromatic heterocycles. The van der Waals surface area contributed by atoms with Crippen LogP contribution in [0.3, 0.4) is 0 Å². The van der Waals surface area contributed by atoms with Gasteiger partial charge in [-0.05, 0) is 182 Å². The average molecular weight is 1360 g/mol. The quantitative estimate of drug-likeness (QED) is 0.0731. The molecule has 498 valence electrons. The summed E-state index contributed by atoms with van der Waals surface area (Å²) in [4.78, 5) is 51.6. The molecule has 9 N–H and O–H groups in total. The molecule has 0 fully saturated rings. The fourth-order valence-electron chi connectivity index (χ4n) is 12.8. The number of rotatable bonds is 9. The molecule has 0 spiro atoms. The number of aromatic amines is 3. The summed E-state index contributed by atoms with van der Waals surface area (Å²) in [6.45, 7) is 5.41. The second-order valence-corrected chi connectivity index (χ2v) is 23.3. The van der Waals surface area contributed by atoms with Crippen molar-refractivity contribution in [1.82, 2.24) is 104 Å². The summed E-state index contributed by atoms with van der Waals surface area (Å²) < 4.78 is 93.7. The summed E-state index contributed by atoms with van der Waals surface area (Å²) in [5.41, 5.74) is 29.8. The molecule has 0 amide bonds. The van der Waals surface area contributed by atoms with Gasteiger partial charge in [0.15, 0.2) is 17.5 Å². The number of hydrogen-bond acceptors (Lipinski definition) is 18. The maximum Gasteiger partial charge on any atom is 0.157 e. The maximum atomic E-state index is 15.0. The van der Waals surface area contributed by atoms with Gasteiger partial charge in [0.25, 0.3) is 0 Å². The number of fused-ring (bicyclic) bond motifs is 6. The predicted octanol–water partition coefficient (Wildman–Crippen LogP) is 13.8. The minimum absolute atomic E-state index is 0.0488. The van der Waals surface area contributed by atoms with Crippen LogP contribution in [-0.2, 0) is 0 Å². The van der Waals surface area contributed by atoms with Crippen molar-refractivity contribution in [3.8, 4) is 84.6 Å². The number of aromatic nitrogens is 21. The van der Waals surface area contributed by atoms with Crippen molar-refractivity contribution in [3.63, 3.8) is 0 Å². The molecule has 0 atom stereocenters. The molecule has 0 aliphatic carbocycles. The van der Waals surface area contributed by atoms with Crippen molar-refractivity contribution in [3.05, 3.63) is 236 Å². The number of nitrogens with two attached hydrogens (primary N) is 3. The van der Waals surface area contributed by atoms with Gasteiger partial charge in [-0.2, -0.15) is 15.3 Å². The molecule has 12 heterocycles. The topological polar surface area (TPSA) is 334 Å². The molecular weight excluding hydrogens is 1310 g/mol. The number of anilines is 3. The van der Waals surface area contributed by atoms with Crippen molar-refractivity contribution >= 4 is 83.3 Å². The largest absolute Gasteiger partial charge is 0.384 e. The van der Waals surface area contributed by atoms with Crippen LogP contribution in [0.4, 0.5) is 43.8 Å². The van der Waals surface area contributed by atoms with Gasteiger partial charge < -0.3 is 17.2 Å². The summed E-state index contributed by atoms with van der Waals surface area (Å²) in [7, 11) is 0. The molecule has 6 aromatic carbocycles. The lowest BCUT2D eigenvalue weighted by Gasteiger charge is -2.13. The summed E-state index contributed by atoms with van der Waals surface area (Å²) in [6.07, 6.45) is 13.5. The van der Waals surface area contributed by atoms with Crippen LogP contribution in [0.25, 0.3) is 150 Å². The van der Waals surface area contributed by atoms with Gasteiger partial charge in [0.05, 0.1) is 49.8 Å². The number of aryl methyl sites for hydroxylation is 3. The molecule has 0 saturated heterocycles. The third-order valence-electron chi connectivity index (χ3n) is 17.2. The van der Waals surface area contributed by atoms with Crippen LogP contribution in [-0.4, -0.2) is 104 Å². The number of H-pyrrole nitrogens is 3. The van der Waals surface area contributed by atoms with Crippen LogP contribution in [0.15, 0.2) is 184 Å². The summed E-state index contributed by atoms with van der Waals surface area (Å²) >= 11 is 0. The highest BCUT2D eigenvalue weighted by Gasteiger charge is 2.26. The number of nitrogens with one attached hydrogen (secondary N) is 3. The fraction of sp³-hybridized carbons (Fsp3) is 0.0417. The lowest BCUT2D eigenvalue weighted by Crippen LogP contribution is -2.01. The van der Waals surface area contributed by atoms with E-state index in [-0.39, 0.29) is 32.7 Å². The third kappa shape index (κ3) is 10.9. The zero-order chi connectivity index (χ0) is 70.2. The van der Waals surface area contributed by atoms with E-state index in [4.69, 9.17) is 32.2 Å². The number of halogens is 6. The van der Waals surface area contributed by atoms with E-state index in [1.54, 1.807) is 89.5 Å². The normalized spacial score (nSPS) is 11.5. The highest BCUT2D eigenvalue weighted by Crippen LogP contribution is 2.41. The Morgan fingerprint density at radius 1 is 0.294 bits per heavy atom. The second-order valence-electron chi connectivity index (χ2n) is 23.3. The van der Waals surface area contributed by atoms with Crippen molar-refractivity contribution in [1.29, 1.82) is 0 Å². The summed E-state index contributed by atoms with van der Waals surface area (Å²) in [6, 6.07) is 33.8. The molecule has 0 radical (unpaired) electrons. The smallest absolute Gasteiger partial charge is 0.157 e. The zero-order valence-corrected chi connectivity index (χ0v) is 53.4. The monoisotopic (exact) mass is 1360 g/mol. The second kappa shape index (κ2) is 25.0. The Morgan fingerprint density at radius 3 is 0.833 bits per heavy atom. The number of nitrogen functional groups attached to an aromatic ring is 3. The van der Waals surface area contributed by atoms with E-state index >= 15 is 0 Å². The van der Waals surface area contributed by atoms with E-state index in [1.165, 1.54) is 37.6 Å². The molecule has 0 aliphatic rings. The minimum atomic E-state index is -0.601. The Kier molecular flexibility index (Phi) is 15.4. The van der Waals surface area contributed by atoms with Crippen LogP contribution in [0, 0.1) is 55.7 Å². The summed E-state index contributed by atoms with van der Waals surface area (Å²) in [5.74, 6) is 0.916. The lowest BCUT2D eigenvalue weighted by atomic mass is 10.0. The molecular formula is C72H48F6N24. The van der Waals surface area contributed by atoms with E-state index in [1.807, 2.05) is 54.6 Å². The summed E-state index contributed by atoms with van der Waals surface area (Å²) in [5, 5.41) is 20.8. The van der Waals surface area contributed by atoms with Crippen LogP contribution < -0.4 is 17.2 Å². The first kappa shape index (κ1) is 62.6. The number of imidazole rings is 3. The first-order chi connectivity index (χ1) is 49.5. The van der Waals surface area contributed by atoms with Crippen molar-refractivity contribution in [2.75, 3.05) is 17.2 Å². The van der Waals surface area contributed by atoms with Gasteiger partial charge in [-0.25, -0.2) is 71.2 Å². The molecule has 0 unspecified atom stereocenters. The molecule has 18 rings (SSSR count). The number of benzene rings is 6. The van der Waals surface area contributed by atoms with Crippen LogP contribution in [0.1, 0.15) is 17.5 Å². The molecule has 0 aliphatic heterocycles. The molecule has 30 heteroatoms. The Morgan fingerprint density at radius 2 is 0.569 bits per heavy atom. The highest BCUT2D eigenvalue weighted by atomic mass is 19.1. The first-order valence-electron chi connectivity index (χ1n) is 31.0. The van der Waals surface area contributed by atoms with Gasteiger partial charge in [0, 0.05) is 53.9 Å². The van der Waals surface area contributed by atoms with Gasteiger partial charge in [-0.3, -0.25) is 43.9 Å². The third-order valence-corrected chi connectivity index (χ3v) is 17.2. The van der Waals surface area contributed by atoms with Gasteiger partial charge in [-0.15, -0.1) is 0 Å². The van der Waals surface area contributed by atoms with Crippen molar-refractivity contribution in [2.45, 2.75) is 20.8 Å². The van der Waals surface area contributed by atoms with Gasteiger partial charge in [0.2, 0.25) is 0 Å². The molecule has 24 nitrogen and oxygen atoms in total. The van der Waals surface area contributed by atoms with Gasteiger partial charge >= 0.3 is 0 Å². The predicted molar refractivity (Wildman–Crippen MR) is 372 cm³/mol.